The van der Waals surface area contributed by atoms with Crippen LogP contribution in [0, 0.1) is 0 Å². The zero-order chi connectivity index (χ0) is 13.6. The quantitative estimate of drug-likeness (QED) is 0.291. The molecule has 6 nitrogen and oxygen atoms in total. The van der Waals surface area contributed by atoms with Crippen LogP contribution in [0.5, 0.6) is 0 Å². The van der Waals surface area contributed by atoms with Gasteiger partial charge in [0, 0.05) is 52.4 Å². The van der Waals surface area contributed by atoms with Crippen molar-refractivity contribution < 1.29 is 0 Å². The summed E-state index contributed by atoms with van der Waals surface area (Å²) in [5.74, 6) is 0. The van der Waals surface area contributed by atoms with Crippen LogP contribution in [0.4, 0.5) is 0 Å². The third-order valence-electron chi connectivity index (χ3n) is 2.98. The number of nitrogens with zero attached hydrogens (tertiary/aromatic N) is 2. The molecule has 0 amide bonds. The van der Waals surface area contributed by atoms with Gasteiger partial charge < -0.3 is 32.7 Å². The Kier molecular flexibility index (Phi) is 13.0. The van der Waals surface area contributed by atoms with E-state index in [9.17, 15) is 0 Å². The van der Waals surface area contributed by atoms with E-state index in [1.807, 2.05) is 0 Å². The fourth-order valence-electron chi connectivity index (χ4n) is 2.07. The molecule has 0 aliphatic heterocycles. The topological polar surface area (TPSA) is 111 Å². The molecule has 0 unspecified atom stereocenters. The monoisotopic (exact) mass is 260 g/mol. The van der Waals surface area contributed by atoms with E-state index in [1.165, 1.54) is 12.8 Å². The van der Waals surface area contributed by atoms with Crippen LogP contribution in [0.1, 0.15) is 12.8 Å². The molecule has 0 heterocycles. The molecule has 0 aromatic carbocycles. The fraction of sp³-hybridized carbons (Fsp3) is 1.00. The van der Waals surface area contributed by atoms with Crippen molar-refractivity contribution in [2.75, 3.05) is 65.4 Å². The van der Waals surface area contributed by atoms with Gasteiger partial charge in [-0.2, -0.15) is 0 Å². The Hall–Kier alpha value is -0.240. The van der Waals surface area contributed by atoms with Crippen molar-refractivity contribution in [3.63, 3.8) is 0 Å². The summed E-state index contributed by atoms with van der Waals surface area (Å²) in [5, 5.41) is 0. The Balaban J connectivity index is 3.66. The molecular formula is C12H32N6. The van der Waals surface area contributed by atoms with Gasteiger partial charge in [0.15, 0.2) is 0 Å². The van der Waals surface area contributed by atoms with Crippen molar-refractivity contribution in [3.05, 3.63) is 0 Å². The molecule has 6 heteroatoms. The maximum absolute atomic E-state index is 5.57. The van der Waals surface area contributed by atoms with Gasteiger partial charge in [-0.15, -0.1) is 0 Å². The van der Waals surface area contributed by atoms with Crippen molar-refractivity contribution in [3.8, 4) is 0 Å². The van der Waals surface area contributed by atoms with Crippen LogP contribution in [-0.2, 0) is 0 Å². The summed E-state index contributed by atoms with van der Waals surface area (Å²) in [4.78, 5) is 4.66. The summed E-state index contributed by atoms with van der Waals surface area (Å²) in [6.45, 7) is 8.71. The number of nitrogens with two attached hydrogens (primary N) is 4. The van der Waals surface area contributed by atoms with E-state index >= 15 is 0 Å². The van der Waals surface area contributed by atoms with Gasteiger partial charge in [-0.25, -0.2) is 0 Å². The predicted molar refractivity (Wildman–Crippen MR) is 78.3 cm³/mol. The first kappa shape index (κ1) is 17.8. The maximum Gasteiger partial charge on any atom is 0.0105 e. The fourth-order valence-corrected chi connectivity index (χ4v) is 2.07. The minimum Gasteiger partial charge on any atom is -0.329 e. The Bertz CT molecular complexity index is 137. The van der Waals surface area contributed by atoms with Gasteiger partial charge in [0.25, 0.3) is 0 Å². The maximum atomic E-state index is 5.57. The van der Waals surface area contributed by atoms with E-state index in [1.54, 1.807) is 0 Å². The van der Waals surface area contributed by atoms with E-state index in [0.717, 1.165) is 39.3 Å². The highest BCUT2D eigenvalue weighted by molar-refractivity contribution is 4.62. The molecule has 110 valence electrons. The largest absolute Gasteiger partial charge is 0.329 e. The van der Waals surface area contributed by atoms with Crippen LogP contribution in [0.15, 0.2) is 0 Å². The lowest BCUT2D eigenvalue weighted by Gasteiger charge is -2.23. The molecule has 0 spiro atoms. The molecule has 18 heavy (non-hydrogen) atoms. The first-order valence-corrected chi connectivity index (χ1v) is 7.03. The molecule has 0 aliphatic rings. The summed E-state index contributed by atoms with van der Waals surface area (Å²) in [7, 11) is 0. The number of unbranched alkanes of at least 4 members (excludes halogenated alkanes) is 1. The lowest BCUT2D eigenvalue weighted by Crippen LogP contribution is -2.36. The normalized spacial score (nSPS) is 11.7. The van der Waals surface area contributed by atoms with E-state index in [4.69, 9.17) is 22.9 Å². The molecule has 0 fully saturated rings. The van der Waals surface area contributed by atoms with Gasteiger partial charge in [0.05, 0.1) is 0 Å². The Labute approximate surface area is 112 Å². The molecule has 0 atom stereocenters. The van der Waals surface area contributed by atoms with E-state index in [0.29, 0.717) is 26.2 Å². The first-order chi connectivity index (χ1) is 8.78. The lowest BCUT2D eigenvalue weighted by atomic mass is 10.2. The van der Waals surface area contributed by atoms with Crippen molar-refractivity contribution in [1.29, 1.82) is 0 Å². The standard InChI is InChI=1S/C12H32N6/c13-3-9-17(10-4-14)7-1-2-8-18(11-5-15)12-6-16/h1-16H2. The van der Waals surface area contributed by atoms with Crippen molar-refractivity contribution >= 4 is 0 Å². The summed E-state index contributed by atoms with van der Waals surface area (Å²) < 4.78 is 0. The highest BCUT2D eigenvalue weighted by Crippen LogP contribution is 1.97. The van der Waals surface area contributed by atoms with Gasteiger partial charge in [-0.05, 0) is 25.9 Å². The molecule has 0 saturated heterocycles. The molecule has 0 bridgehead atoms. The van der Waals surface area contributed by atoms with Gasteiger partial charge >= 0.3 is 0 Å². The number of hydrogen-bond donors (Lipinski definition) is 4. The Morgan fingerprint density at radius 3 is 0.944 bits per heavy atom. The van der Waals surface area contributed by atoms with E-state index in [-0.39, 0.29) is 0 Å². The Morgan fingerprint density at radius 2 is 0.722 bits per heavy atom. The van der Waals surface area contributed by atoms with Gasteiger partial charge in [-0.1, -0.05) is 0 Å². The van der Waals surface area contributed by atoms with Crippen molar-refractivity contribution in [1.82, 2.24) is 9.80 Å². The van der Waals surface area contributed by atoms with Crippen LogP contribution in [-0.4, -0.2) is 75.2 Å². The highest BCUT2D eigenvalue weighted by atomic mass is 15.1. The molecule has 8 N–H and O–H groups in total. The second kappa shape index (κ2) is 13.2. The number of hydrogen-bond acceptors (Lipinski definition) is 6. The second-order valence-corrected chi connectivity index (χ2v) is 4.55. The minimum atomic E-state index is 0.701. The molecule has 0 saturated carbocycles. The van der Waals surface area contributed by atoms with Gasteiger partial charge in [0.1, 0.15) is 0 Å². The third-order valence-corrected chi connectivity index (χ3v) is 2.98. The van der Waals surface area contributed by atoms with E-state index in [2.05, 4.69) is 9.80 Å². The van der Waals surface area contributed by atoms with E-state index < -0.39 is 0 Å². The smallest absolute Gasteiger partial charge is 0.0105 e. The number of rotatable bonds is 13. The van der Waals surface area contributed by atoms with Crippen molar-refractivity contribution in [2.24, 2.45) is 22.9 Å². The first-order valence-electron chi connectivity index (χ1n) is 7.03. The average Bonchev–Trinajstić information content (AvgIpc) is 2.35. The summed E-state index contributed by atoms with van der Waals surface area (Å²) in [6, 6.07) is 0. The summed E-state index contributed by atoms with van der Waals surface area (Å²) in [5.41, 5.74) is 22.3. The van der Waals surface area contributed by atoms with Crippen LogP contribution in [0.2, 0.25) is 0 Å². The SMILES string of the molecule is NCCN(CCN)CCCCN(CCN)CCN. The third kappa shape index (κ3) is 9.76. The predicted octanol–water partition coefficient (Wildman–Crippen LogP) is -1.79. The molecule has 0 aromatic heterocycles. The zero-order valence-electron chi connectivity index (χ0n) is 11.7. The lowest BCUT2D eigenvalue weighted by molar-refractivity contribution is 0.253. The van der Waals surface area contributed by atoms with Gasteiger partial charge in [0.2, 0.25) is 0 Å². The zero-order valence-corrected chi connectivity index (χ0v) is 11.7. The summed E-state index contributed by atoms with van der Waals surface area (Å²) in [6.07, 6.45) is 2.34. The van der Waals surface area contributed by atoms with Crippen LogP contribution in [0.25, 0.3) is 0 Å². The molecule has 0 aromatic rings. The van der Waals surface area contributed by atoms with Crippen LogP contribution in [0.3, 0.4) is 0 Å². The Morgan fingerprint density at radius 1 is 0.444 bits per heavy atom. The minimum absolute atomic E-state index is 0.701. The summed E-state index contributed by atoms with van der Waals surface area (Å²) >= 11 is 0. The molecule has 0 rings (SSSR count). The molecule has 0 radical (unpaired) electrons. The van der Waals surface area contributed by atoms with Crippen LogP contribution >= 0.6 is 0 Å². The van der Waals surface area contributed by atoms with Crippen molar-refractivity contribution in [2.45, 2.75) is 12.8 Å². The molecule has 0 aliphatic carbocycles. The molecular weight excluding hydrogens is 228 g/mol. The second-order valence-electron chi connectivity index (χ2n) is 4.55. The van der Waals surface area contributed by atoms with Crippen LogP contribution < -0.4 is 22.9 Å². The average molecular weight is 260 g/mol. The van der Waals surface area contributed by atoms with Gasteiger partial charge in [-0.3, -0.25) is 0 Å². The highest BCUT2D eigenvalue weighted by Gasteiger charge is 2.05.